The number of hydrogen-bond donors (Lipinski definition) is 2. The fourth-order valence-electron chi connectivity index (χ4n) is 2.55. The number of nitrogens with one attached hydrogen (secondary N) is 1. The van der Waals surface area contributed by atoms with Crippen LogP contribution in [0.4, 0.5) is 0 Å². The molecule has 0 unspecified atom stereocenters. The number of nitrogens with two attached hydrogens (primary N) is 1. The van der Waals surface area contributed by atoms with Gasteiger partial charge < -0.3 is 11.1 Å². The van der Waals surface area contributed by atoms with Crippen LogP contribution in [-0.2, 0) is 9.59 Å². The Kier molecular flexibility index (Phi) is 7.35. The predicted octanol–water partition coefficient (Wildman–Crippen LogP) is 1.33. The second-order valence-electron chi connectivity index (χ2n) is 4.91. The number of hydrogen-bond acceptors (Lipinski definition) is 4. The first-order valence-electron chi connectivity index (χ1n) is 6.69. The standard InChI is InChI=1S/C13H24N2O2S/c1-18-13(10-5-3-2-4-6-10)11(16)9-15-8-7-12(14)17/h10,13,15H,2-9H2,1H3,(H2,14,17)/t13-/m1/s1. The molecule has 3 N–H and O–H groups in total. The molecule has 0 aromatic heterocycles. The van der Waals surface area contributed by atoms with Gasteiger partial charge >= 0.3 is 0 Å². The van der Waals surface area contributed by atoms with Gasteiger partial charge in [0.05, 0.1) is 11.8 Å². The number of carbonyl (C=O) groups is 2. The fraction of sp³-hybridized carbons (Fsp3) is 0.846. The van der Waals surface area contributed by atoms with Crippen LogP contribution in [0.15, 0.2) is 0 Å². The van der Waals surface area contributed by atoms with Gasteiger partial charge in [0.15, 0.2) is 5.78 Å². The van der Waals surface area contributed by atoms with Crippen LogP contribution in [0.3, 0.4) is 0 Å². The molecule has 1 saturated carbocycles. The molecular formula is C13H24N2O2S. The molecule has 104 valence electrons. The van der Waals surface area contributed by atoms with E-state index >= 15 is 0 Å². The van der Waals surface area contributed by atoms with E-state index < -0.39 is 0 Å². The maximum atomic E-state index is 12.1. The SMILES string of the molecule is CS[C@@H](C(=O)CNCCC(N)=O)C1CCCCC1. The smallest absolute Gasteiger partial charge is 0.218 e. The normalized spacial score (nSPS) is 18.5. The summed E-state index contributed by atoms with van der Waals surface area (Å²) < 4.78 is 0. The minimum Gasteiger partial charge on any atom is -0.370 e. The second-order valence-corrected chi connectivity index (χ2v) is 5.89. The highest BCUT2D eigenvalue weighted by molar-refractivity contribution is 7.99. The largest absolute Gasteiger partial charge is 0.370 e. The van der Waals surface area contributed by atoms with Gasteiger partial charge in [-0.1, -0.05) is 19.3 Å². The van der Waals surface area contributed by atoms with Crippen LogP contribution in [-0.4, -0.2) is 36.3 Å². The van der Waals surface area contributed by atoms with E-state index in [-0.39, 0.29) is 16.9 Å². The Labute approximate surface area is 113 Å². The van der Waals surface area contributed by atoms with Crippen molar-refractivity contribution in [2.45, 2.75) is 43.8 Å². The molecule has 18 heavy (non-hydrogen) atoms. The van der Waals surface area contributed by atoms with E-state index in [1.165, 1.54) is 32.1 Å². The predicted molar refractivity (Wildman–Crippen MR) is 75.6 cm³/mol. The highest BCUT2D eigenvalue weighted by atomic mass is 32.2. The molecule has 1 fully saturated rings. The Morgan fingerprint density at radius 3 is 2.56 bits per heavy atom. The number of rotatable bonds is 8. The van der Waals surface area contributed by atoms with E-state index in [2.05, 4.69) is 5.32 Å². The number of ketones is 1. The second kappa shape index (κ2) is 8.53. The fourth-order valence-corrected chi connectivity index (χ4v) is 3.55. The Hall–Kier alpha value is -0.550. The first kappa shape index (κ1) is 15.5. The number of primary amides is 1. The zero-order chi connectivity index (χ0) is 13.4. The van der Waals surface area contributed by atoms with Crippen molar-refractivity contribution in [3.05, 3.63) is 0 Å². The molecule has 1 aliphatic carbocycles. The summed E-state index contributed by atoms with van der Waals surface area (Å²) in [5.74, 6) is 0.474. The highest BCUT2D eigenvalue weighted by Crippen LogP contribution is 2.32. The third kappa shape index (κ3) is 5.40. The lowest BCUT2D eigenvalue weighted by Gasteiger charge is -2.28. The maximum Gasteiger partial charge on any atom is 0.218 e. The summed E-state index contributed by atoms with van der Waals surface area (Å²) in [6, 6.07) is 0. The third-order valence-corrected chi connectivity index (χ3v) is 4.65. The summed E-state index contributed by atoms with van der Waals surface area (Å²) in [4.78, 5) is 22.7. The Morgan fingerprint density at radius 1 is 1.33 bits per heavy atom. The van der Waals surface area contributed by atoms with Crippen LogP contribution in [0.25, 0.3) is 0 Å². The Bertz CT molecular complexity index is 278. The first-order chi connectivity index (χ1) is 8.65. The molecule has 1 amide bonds. The lowest BCUT2D eigenvalue weighted by molar-refractivity contribution is -0.120. The monoisotopic (exact) mass is 272 g/mol. The molecule has 1 atom stereocenters. The Balaban J connectivity index is 2.29. The van der Waals surface area contributed by atoms with Gasteiger partial charge in [-0.25, -0.2) is 0 Å². The molecule has 1 rings (SSSR count). The van der Waals surface area contributed by atoms with E-state index in [1.807, 2.05) is 6.26 Å². The molecule has 0 aromatic rings. The number of amides is 1. The van der Waals surface area contributed by atoms with E-state index in [0.717, 1.165) is 0 Å². The molecule has 5 heteroatoms. The third-order valence-electron chi connectivity index (χ3n) is 3.50. The van der Waals surface area contributed by atoms with Crippen molar-refractivity contribution < 1.29 is 9.59 Å². The number of thioether (sulfide) groups is 1. The van der Waals surface area contributed by atoms with Crippen LogP contribution in [0.5, 0.6) is 0 Å². The molecule has 0 aliphatic heterocycles. The van der Waals surface area contributed by atoms with Crippen LogP contribution in [0.2, 0.25) is 0 Å². The van der Waals surface area contributed by atoms with Crippen molar-refractivity contribution in [2.75, 3.05) is 19.3 Å². The van der Waals surface area contributed by atoms with Gasteiger partial charge in [-0.3, -0.25) is 9.59 Å². The molecule has 0 heterocycles. The molecule has 0 spiro atoms. The average Bonchev–Trinajstić information content (AvgIpc) is 2.36. The van der Waals surface area contributed by atoms with Crippen molar-refractivity contribution in [1.82, 2.24) is 5.32 Å². The zero-order valence-corrected chi connectivity index (χ0v) is 11.9. The number of carbonyl (C=O) groups excluding carboxylic acids is 2. The quantitative estimate of drug-likeness (QED) is 0.654. The van der Waals surface area contributed by atoms with E-state index in [9.17, 15) is 9.59 Å². The highest BCUT2D eigenvalue weighted by Gasteiger charge is 2.28. The van der Waals surface area contributed by atoms with E-state index in [1.54, 1.807) is 11.8 Å². The van der Waals surface area contributed by atoms with E-state index in [4.69, 9.17) is 5.73 Å². The van der Waals surface area contributed by atoms with E-state index in [0.29, 0.717) is 25.4 Å². The van der Waals surface area contributed by atoms with Gasteiger partial charge in [0.2, 0.25) is 5.91 Å². The summed E-state index contributed by atoms with van der Waals surface area (Å²) in [6.45, 7) is 0.849. The summed E-state index contributed by atoms with van der Waals surface area (Å²) >= 11 is 1.67. The topological polar surface area (TPSA) is 72.2 Å². The summed E-state index contributed by atoms with van der Waals surface area (Å²) in [6.07, 6.45) is 8.48. The van der Waals surface area contributed by atoms with Crippen LogP contribution < -0.4 is 11.1 Å². The summed E-state index contributed by atoms with van der Waals surface area (Å²) in [7, 11) is 0. The van der Waals surface area contributed by atoms with Gasteiger partial charge in [0, 0.05) is 13.0 Å². The first-order valence-corrected chi connectivity index (χ1v) is 7.98. The molecule has 0 saturated heterocycles. The summed E-state index contributed by atoms with van der Waals surface area (Å²) in [5, 5.41) is 3.12. The van der Waals surface area contributed by atoms with Crippen molar-refractivity contribution in [1.29, 1.82) is 0 Å². The minimum atomic E-state index is -0.330. The molecule has 1 aliphatic rings. The maximum absolute atomic E-state index is 12.1. The molecule has 0 bridgehead atoms. The van der Waals surface area contributed by atoms with Gasteiger partial charge in [-0.2, -0.15) is 11.8 Å². The van der Waals surface area contributed by atoms with Crippen molar-refractivity contribution in [3.8, 4) is 0 Å². The number of Topliss-reactive ketones (excluding diaryl/α,β-unsaturated/α-hetero) is 1. The minimum absolute atomic E-state index is 0.117. The van der Waals surface area contributed by atoms with Crippen LogP contribution in [0, 0.1) is 5.92 Å². The average molecular weight is 272 g/mol. The molecule has 4 nitrogen and oxygen atoms in total. The van der Waals surface area contributed by atoms with Crippen LogP contribution >= 0.6 is 11.8 Å². The van der Waals surface area contributed by atoms with Gasteiger partial charge in [-0.15, -0.1) is 0 Å². The van der Waals surface area contributed by atoms with Crippen LogP contribution in [0.1, 0.15) is 38.5 Å². The van der Waals surface area contributed by atoms with Gasteiger partial charge in [0.25, 0.3) is 0 Å². The van der Waals surface area contributed by atoms with Gasteiger partial charge in [0.1, 0.15) is 0 Å². The lowest BCUT2D eigenvalue weighted by Crippen LogP contribution is -2.36. The van der Waals surface area contributed by atoms with Crippen molar-refractivity contribution in [2.24, 2.45) is 11.7 Å². The molecule has 0 radical (unpaired) electrons. The van der Waals surface area contributed by atoms with Crippen molar-refractivity contribution >= 4 is 23.5 Å². The molecular weight excluding hydrogens is 248 g/mol. The lowest BCUT2D eigenvalue weighted by atomic mass is 9.85. The Morgan fingerprint density at radius 2 is 2.00 bits per heavy atom. The zero-order valence-electron chi connectivity index (χ0n) is 11.1. The summed E-state index contributed by atoms with van der Waals surface area (Å²) in [5.41, 5.74) is 5.04. The van der Waals surface area contributed by atoms with Crippen molar-refractivity contribution in [3.63, 3.8) is 0 Å². The molecule has 0 aromatic carbocycles. The van der Waals surface area contributed by atoms with Gasteiger partial charge in [-0.05, 0) is 25.0 Å².